The number of carbonyl (C=O) groups is 1. The monoisotopic (exact) mass is 386 g/mol. The second-order valence-corrected chi connectivity index (χ2v) is 10.5. The lowest BCUT2D eigenvalue weighted by molar-refractivity contribution is -0.121. The van der Waals surface area contributed by atoms with Crippen molar-refractivity contribution < 1.29 is 13.2 Å². The van der Waals surface area contributed by atoms with Crippen LogP contribution in [0.15, 0.2) is 4.99 Å². The number of sulfone groups is 1. The average Bonchev–Trinajstić information content (AvgIpc) is 2.85. The third kappa shape index (κ3) is 6.45. The van der Waals surface area contributed by atoms with E-state index in [1.54, 1.807) is 7.05 Å². The van der Waals surface area contributed by atoms with Gasteiger partial charge in [-0.2, -0.15) is 0 Å². The highest BCUT2D eigenvalue weighted by atomic mass is 32.2. The van der Waals surface area contributed by atoms with Gasteiger partial charge >= 0.3 is 0 Å². The van der Waals surface area contributed by atoms with Crippen molar-refractivity contribution in [3.8, 4) is 0 Å². The topological polar surface area (TPSA) is 99.7 Å². The third-order valence-corrected chi connectivity index (χ3v) is 7.12. The molecule has 1 atom stereocenters. The maximum atomic E-state index is 12.0. The zero-order valence-corrected chi connectivity index (χ0v) is 17.1. The fourth-order valence-corrected chi connectivity index (χ4v) is 5.66. The Hall–Kier alpha value is -1.31. The first-order valence-electron chi connectivity index (χ1n) is 9.68. The molecule has 7 nitrogen and oxygen atoms in total. The molecule has 2 aliphatic rings. The molecule has 8 heteroatoms. The Morgan fingerprint density at radius 2 is 2.00 bits per heavy atom. The maximum Gasteiger partial charge on any atom is 0.222 e. The van der Waals surface area contributed by atoms with Gasteiger partial charge in [0.1, 0.15) is 0 Å². The molecule has 1 saturated heterocycles. The van der Waals surface area contributed by atoms with Gasteiger partial charge in [0, 0.05) is 32.6 Å². The lowest BCUT2D eigenvalue weighted by Crippen LogP contribution is -2.47. The van der Waals surface area contributed by atoms with Crippen molar-refractivity contribution in [1.82, 2.24) is 16.0 Å². The molecule has 0 radical (unpaired) electrons. The minimum Gasteiger partial charge on any atom is -0.356 e. The van der Waals surface area contributed by atoms with Crippen LogP contribution in [0.4, 0.5) is 0 Å². The summed E-state index contributed by atoms with van der Waals surface area (Å²) in [5, 5.41) is 9.38. The first-order valence-corrected chi connectivity index (χ1v) is 11.5. The van der Waals surface area contributed by atoms with Gasteiger partial charge in [-0.1, -0.05) is 20.3 Å². The molecule has 0 aromatic rings. The van der Waals surface area contributed by atoms with Gasteiger partial charge in [0.25, 0.3) is 0 Å². The van der Waals surface area contributed by atoms with Crippen LogP contribution in [-0.2, 0) is 14.6 Å². The van der Waals surface area contributed by atoms with Crippen LogP contribution in [0, 0.1) is 11.3 Å². The molecular formula is C18H34N4O3S. The van der Waals surface area contributed by atoms with Crippen LogP contribution in [0.3, 0.4) is 0 Å². The van der Waals surface area contributed by atoms with Crippen molar-refractivity contribution in [1.29, 1.82) is 0 Å². The van der Waals surface area contributed by atoms with E-state index >= 15 is 0 Å². The lowest BCUT2D eigenvalue weighted by atomic mass is 9.64. The summed E-state index contributed by atoms with van der Waals surface area (Å²) in [6.45, 7) is 5.92. The van der Waals surface area contributed by atoms with Crippen molar-refractivity contribution in [3.05, 3.63) is 0 Å². The van der Waals surface area contributed by atoms with E-state index in [2.05, 4.69) is 34.8 Å². The zero-order valence-electron chi connectivity index (χ0n) is 16.3. The van der Waals surface area contributed by atoms with Crippen molar-refractivity contribution >= 4 is 21.7 Å². The number of aliphatic imine (C=N–C) groups is 1. The number of amides is 1. The van der Waals surface area contributed by atoms with Crippen LogP contribution in [0.1, 0.15) is 52.4 Å². The van der Waals surface area contributed by atoms with Gasteiger partial charge < -0.3 is 16.0 Å². The second kappa shape index (κ2) is 9.06. The summed E-state index contributed by atoms with van der Waals surface area (Å²) in [6.07, 6.45) is 5.88. The minimum absolute atomic E-state index is 0.0628. The molecule has 1 saturated carbocycles. The van der Waals surface area contributed by atoms with Gasteiger partial charge in [0.2, 0.25) is 5.91 Å². The number of hydrogen-bond acceptors (Lipinski definition) is 4. The molecule has 0 aromatic carbocycles. The van der Waals surface area contributed by atoms with Crippen molar-refractivity contribution in [2.75, 3.05) is 31.6 Å². The van der Waals surface area contributed by atoms with Crippen molar-refractivity contribution in [2.24, 2.45) is 16.3 Å². The standard InChI is InChI=1S/C18H34N4O3S/c1-14(2)11-18(7-4-8-18)13-21-17(19-3)20-9-5-16(23)22-15-6-10-26(24,25)12-15/h14-15H,4-13H2,1-3H3,(H,22,23)(H2,19,20,21). The van der Waals surface area contributed by atoms with Crippen molar-refractivity contribution in [3.63, 3.8) is 0 Å². The van der Waals surface area contributed by atoms with E-state index in [1.807, 2.05) is 0 Å². The van der Waals surface area contributed by atoms with E-state index in [4.69, 9.17) is 0 Å². The highest BCUT2D eigenvalue weighted by molar-refractivity contribution is 7.91. The number of hydrogen-bond donors (Lipinski definition) is 3. The maximum absolute atomic E-state index is 12.0. The summed E-state index contributed by atoms with van der Waals surface area (Å²) < 4.78 is 22.9. The Bertz CT molecular complexity index is 612. The number of rotatable bonds is 8. The largest absolute Gasteiger partial charge is 0.356 e. The molecule has 1 amide bonds. The van der Waals surface area contributed by atoms with E-state index in [0.717, 1.165) is 12.5 Å². The highest BCUT2D eigenvalue weighted by Gasteiger charge is 2.37. The molecule has 0 aromatic heterocycles. The zero-order chi connectivity index (χ0) is 19.2. The molecule has 3 N–H and O–H groups in total. The summed E-state index contributed by atoms with van der Waals surface area (Å²) in [5.41, 5.74) is 0.386. The summed E-state index contributed by atoms with van der Waals surface area (Å²) in [5.74, 6) is 1.52. The first kappa shape index (κ1) is 21.0. The molecule has 2 fully saturated rings. The van der Waals surface area contributed by atoms with E-state index < -0.39 is 9.84 Å². The molecule has 1 aliphatic heterocycles. The van der Waals surface area contributed by atoms with Crippen LogP contribution >= 0.6 is 0 Å². The number of carbonyl (C=O) groups excluding carboxylic acids is 1. The van der Waals surface area contributed by atoms with Crippen LogP contribution in [0.5, 0.6) is 0 Å². The van der Waals surface area contributed by atoms with Gasteiger partial charge in [0.15, 0.2) is 15.8 Å². The Morgan fingerprint density at radius 3 is 2.50 bits per heavy atom. The summed E-state index contributed by atoms with van der Waals surface area (Å²) in [4.78, 5) is 16.2. The number of nitrogens with zero attached hydrogens (tertiary/aromatic N) is 1. The quantitative estimate of drug-likeness (QED) is 0.428. The van der Waals surface area contributed by atoms with Gasteiger partial charge in [-0.3, -0.25) is 9.79 Å². The fourth-order valence-electron chi connectivity index (χ4n) is 3.99. The Kier molecular flexibility index (Phi) is 7.32. The summed E-state index contributed by atoms with van der Waals surface area (Å²) in [7, 11) is -1.23. The van der Waals surface area contributed by atoms with E-state index in [-0.39, 0.29) is 23.5 Å². The van der Waals surface area contributed by atoms with Crippen LogP contribution in [-0.4, -0.2) is 58.0 Å². The third-order valence-electron chi connectivity index (χ3n) is 5.35. The van der Waals surface area contributed by atoms with Crippen molar-refractivity contribution in [2.45, 2.75) is 58.4 Å². The molecule has 0 spiro atoms. The highest BCUT2D eigenvalue weighted by Crippen LogP contribution is 2.45. The Morgan fingerprint density at radius 1 is 1.27 bits per heavy atom. The fraction of sp³-hybridized carbons (Fsp3) is 0.889. The van der Waals surface area contributed by atoms with Crippen LogP contribution in [0.25, 0.3) is 0 Å². The van der Waals surface area contributed by atoms with Gasteiger partial charge in [-0.05, 0) is 37.0 Å². The van der Waals surface area contributed by atoms with Gasteiger partial charge in [-0.15, -0.1) is 0 Å². The summed E-state index contributed by atoms with van der Waals surface area (Å²) >= 11 is 0. The van der Waals surface area contributed by atoms with Gasteiger partial charge in [-0.25, -0.2) is 8.42 Å². The van der Waals surface area contributed by atoms with E-state index in [9.17, 15) is 13.2 Å². The van der Waals surface area contributed by atoms with E-state index in [0.29, 0.717) is 30.7 Å². The van der Waals surface area contributed by atoms with Crippen LogP contribution in [0.2, 0.25) is 0 Å². The van der Waals surface area contributed by atoms with Gasteiger partial charge in [0.05, 0.1) is 11.5 Å². The molecule has 1 unspecified atom stereocenters. The number of nitrogens with one attached hydrogen (secondary N) is 3. The molecule has 2 rings (SSSR count). The molecule has 26 heavy (non-hydrogen) atoms. The molecule has 1 heterocycles. The predicted octanol–water partition coefficient (Wildman–Crippen LogP) is 1.06. The molecular weight excluding hydrogens is 352 g/mol. The smallest absolute Gasteiger partial charge is 0.222 e. The Balaban J connectivity index is 1.66. The molecule has 150 valence electrons. The van der Waals surface area contributed by atoms with E-state index in [1.165, 1.54) is 25.7 Å². The average molecular weight is 387 g/mol. The normalized spacial score (nSPS) is 24.2. The minimum atomic E-state index is -2.97. The second-order valence-electron chi connectivity index (χ2n) is 8.22. The molecule has 1 aliphatic carbocycles. The number of guanidine groups is 1. The summed E-state index contributed by atoms with van der Waals surface area (Å²) in [6, 6.07) is -0.237. The first-order chi connectivity index (χ1) is 12.2. The SMILES string of the molecule is CN=C(NCCC(=O)NC1CCS(=O)(=O)C1)NCC1(CC(C)C)CCC1. The Labute approximate surface area is 157 Å². The molecule has 0 bridgehead atoms. The lowest BCUT2D eigenvalue weighted by Gasteiger charge is -2.43. The predicted molar refractivity (Wildman–Crippen MR) is 105 cm³/mol. The van der Waals surface area contributed by atoms with Crippen LogP contribution < -0.4 is 16.0 Å².